The first-order valence-corrected chi connectivity index (χ1v) is 10.8. The van der Waals surface area contributed by atoms with Gasteiger partial charge in [-0.15, -0.1) is 0 Å². The molecule has 0 saturated carbocycles. The van der Waals surface area contributed by atoms with Gasteiger partial charge < -0.3 is 11.1 Å². The Hall–Kier alpha value is -2.73. The summed E-state index contributed by atoms with van der Waals surface area (Å²) >= 11 is 1.74. The maximum Gasteiger partial charge on any atom is 0.250 e. The van der Waals surface area contributed by atoms with Gasteiger partial charge in [-0.25, -0.2) is 0 Å². The van der Waals surface area contributed by atoms with E-state index in [4.69, 9.17) is 5.73 Å². The lowest BCUT2D eigenvalue weighted by atomic mass is 9.96. The van der Waals surface area contributed by atoms with Crippen molar-refractivity contribution in [3.8, 4) is 11.1 Å². The number of thioether (sulfide) groups is 1. The predicted molar refractivity (Wildman–Crippen MR) is 116 cm³/mol. The molecule has 0 unspecified atom stereocenters. The quantitative estimate of drug-likeness (QED) is 0.617. The van der Waals surface area contributed by atoms with E-state index in [0.29, 0.717) is 12.0 Å². The number of para-hydroxylation sites is 1. The molecule has 0 radical (unpaired) electrons. The predicted octanol–water partition coefficient (Wildman–Crippen LogP) is 4.16. The van der Waals surface area contributed by atoms with Gasteiger partial charge in [0.05, 0.1) is 11.1 Å². The lowest BCUT2D eigenvalue weighted by molar-refractivity contribution is 0.0889. The Kier molecular flexibility index (Phi) is 5.13. The van der Waals surface area contributed by atoms with Gasteiger partial charge in [0.15, 0.2) is 0 Å². The van der Waals surface area contributed by atoms with E-state index in [9.17, 15) is 9.59 Å². The number of hydrogen-bond donors (Lipinski definition) is 2. The summed E-state index contributed by atoms with van der Waals surface area (Å²) in [6.07, 6.45) is 4.35. The first-order chi connectivity index (χ1) is 13.6. The molecule has 0 aliphatic carbocycles. The Balaban J connectivity index is 1.90. The Morgan fingerprint density at radius 1 is 1.21 bits per heavy atom. The molecule has 0 fully saturated rings. The van der Waals surface area contributed by atoms with Crippen molar-refractivity contribution < 1.29 is 9.59 Å². The van der Waals surface area contributed by atoms with E-state index >= 15 is 0 Å². The number of amides is 1. The minimum Gasteiger partial charge on any atom is -0.384 e. The summed E-state index contributed by atoms with van der Waals surface area (Å²) in [6, 6.07) is 13.7. The first kappa shape index (κ1) is 18.6. The fourth-order valence-corrected chi connectivity index (χ4v) is 4.31. The van der Waals surface area contributed by atoms with Crippen LogP contribution in [0.2, 0.25) is 0 Å². The monoisotopic (exact) mass is 393 g/mol. The fourth-order valence-electron chi connectivity index (χ4n) is 4.00. The van der Waals surface area contributed by atoms with Gasteiger partial charge in [0.25, 0.3) is 5.91 Å². The zero-order valence-electron chi connectivity index (χ0n) is 15.8. The zero-order valence-corrected chi connectivity index (χ0v) is 16.6. The van der Waals surface area contributed by atoms with E-state index in [0.717, 1.165) is 58.6 Å². The maximum absolute atomic E-state index is 12.6. The molecular formula is C22H23N3O2S. The number of carbonyl (C=O) groups is 2. The van der Waals surface area contributed by atoms with Crippen molar-refractivity contribution in [3.63, 3.8) is 0 Å². The number of carbonyl (C=O) groups excluding carboxylic acids is 2. The number of fused-ring (bicyclic) bond motifs is 3. The number of nitrogens with one attached hydrogen (secondary N) is 1. The van der Waals surface area contributed by atoms with Gasteiger partial charge in [0.2, 0.25) is 5.91 Å². The van der Waals surface area contributed by atoms with Crippen LogP contribution >= 0.6 is 11.8 Å². The molecule has 5 nitrogen and oxygen atoms in total. The Morgan fingerprint density at radius 2 is 2.04 bits per heavy atom. The number of benzene rings is 2. The minimum atomic E-state index is -0.447. The summed E-state index contributed by atoms with van der Waals surface area (Å²) in [4.78, 5) is 24.5. The van der Waals surface area contributed by atoms with Crippen molar-refractivity contribution in [1.82, 2.24) is 4.57 Å². The highest BCUT2D eigenvalue weighted by atomic mass is 32.2. The number of primary amides is 1. The van der Waals surface area contributed by atoms with Gasteiger partial charge in [-0.1, -0.05) is 24.3 Å². The van der Waals surface area contributed by atoms with Crippen LogP contribution in [0.5, 0.6) is 0 Å². The Morgan fingerprint density at radius 3 is 2.82 bits per heavy atom. The van der Waals surface area contributed by atoms with E-state index in [1.165, 1.54) is 0 Å². The highest BCUT2D eigenvalue weighted by molar-refractivity contribution is 7.98. The van der Waals surface area contributed by atoms with Crippen LogP contribution < -0.4 is 11.1 Å². The molecule has 3 N–H and O–H groups in total. The standard InChI is InChI=1S/C22H23N3O2S/c1-28-12-11-24-17-13-14(9-10-15(17)22(23)27)21-16-5-2-3-6-18(16)25-19(21)7-4-8-20(25)26/h2-3,5-6,9-10,13,24H,4,7-8,11-12H2,1H3,(H2,23,27). The molecule has 144 valence electrons. The molecule has 2 aromatic carbocycles. The Labute approximate surface area is 168 Å². The third-order valence-corrected chi connectivity index (χ3v) is 5.83. The number of rotatable bonds is 6. The molecule has 1 amide bonds. The first-order valence-electron chi connectivity index (χ1n) is 9.44. The Bertz CT molecular complexity index is 1070. The molecule has 28 heavy (non-hydrogen) atoms. The van der Waals surface area contributed by atoms with Crippen molar-refractivity contribution in [2.45, 2.75) is 19.3 Å². The second-order valence-corrected chi connectivity index (χ2v) is 7.95. The van der Waals surface area contributed by atoms with E-state index in [2.05, 4.69) is 11.4 Å². The summed E-state index contributed by atoms with van der Waals surface area (Å²) in [6.45, 7) is 0.748. The molecule has 0 atom stereocenters. The molecule has 0 bridgehead atoms. The summed E-state index contributed by atoms with van der Waals surface area (Å²) in [5.74, 6) is 0.634. The number of aromatic nitrogens is 1. The maximum atomic E-state index is 12.6. The molecule has 1 aliphatic heterocycles. The second-order valence-electron chi connectivity index (χ2n) is 6.97. The average molecular weight is 394 g/mol. The minimum absolute atomic E-state index is 0.149. The van der Waals surface area contributed by atoms with Crippen LogP contribution in [-0.4, -0.2) is 34.9 Å². The van der Waals surface area contributed by atoms with Gasteiger partial charge in [-0.3, -0.25) is 14.2 Å². The van der Waals surface area contributed by atoms with Gasteiger partial charge in [0, 0.05) is 41.0 Å². The summed E-state index contributed by atoms with van der Waals surface area (Å²) in [5, 5.41) is 4.40. The highest BCUT2D eigenvalue weighted by Crippen LogP contribution is 2.39. The number of nitrogens with two attached hydrogens (primary N) is 1. The molecule has 1 aliphatic rings. The topological polar surface area (TPSA) is 77.1 Å². The van der Waals surface area contributed by atoms with E-state index < -0.39 is 5.91 Å². The second kappa shape index (κ2) is 7.72. The molecule has 1 aromatic heterocycles. The van der Waals surface area contributed by atoms with Gasteiger partial charge >= 0.3 is 0 Å². The van der Waals surface area contributed by atoms with Crippen LogP contribution in [0.15, 0.2) is 42.5 Å². The van der Waals surface area contributed by atoms with Crippen molar-refractivity contribution in [1.29, 1.82) is 0 Å². The van der Waals surface area contributed by atoms with Crippen LogP contribution in [0.1, 0.15) is 33.7 Å². The van der Waals surface area contributed by atoms with Crippen LogP contribution in [0.25, 0.3) is 22.0 Å². The zero-order chi connectivity index (χ0) is 19.7. The molecular weight excluding hydrogens is 370 g/mol. The van der Waals surface area contributed by atoms with E-state index in [-0.39, 0.29) is 5.91 Å². The lowest BCUT2D eigenvalue weighted by Crippen LogP contribution is -2.19. The van der Waals surface area contributed by atoms with Crippen LogP contribution in [0.4, 0.5) is 5.69 Å². The highest BCUT2D eigenvalue weighted by Gasteiger charge is 2.25. The molecule has 3 aromatic rings. The molecule has 4 rings (SSSR count). The summed E-state index contributed by atoms with van der Waals surface area (Å²) < 4.78 is 1.87. The molecule has 0 spiro atoms. The largest absolute Gasteiger partial charge is 0.384 e. The van der Waals surface area contributed by atoms with Crippen molar-refractivity contribution >= 4 is 40.2 Å². The SMILES string of the molecule is CSCCNc1cc(-c2c3n(c4ccccc24)C(=O)CCC3)ccc1C(N)=O. The summed E-state index contributed by atoms with van der Waals surface area (Å²) in [5.41, 5.74) is 10.9. The third kappa shape index (κ3) is 3.18. The molecule has 6 heteroatoms. The number of nitrogens with zero attached hydrogens (tertiary/aromatic N) is 1. The van der Waals surface area contributed by atoms with Crippen molar-refractivity contribution in [2.24, 2.45) is 5.73 Å². The van der Waals surface area contributed by atoms with Gasteiger partial charge in [-0.05, 0) is 42.9 Å². The van der Waals surface area contributed by atoms with E-state index in [1.807, 2.05) is 41.2 Å². The van der Waals surface area contributed by atoms with Crippen LogP contribution in [0, 0.1) is 0 Å². The molecule has 2 heterocycles. The number of hydrogen-bond acceptors (Lipinski definition) is 4. The average Bonchev–Trinajstić information content (AvgIpc) is 3.03. The lowest BCUT2D eigenvalue weighted by Gasteiger charge is -2.17. The normalized spacial score (nSPS) is 13.5. The van der Waals surface area contributed by atoms with Crippen LogP contribution in [0.3, 0.4) is 0 Å². The van der Waals surface area contributed by atoms with Gasteiger partial charge in [0.1, 0.15) is 0 Å². The van der Waals surface area contributed by atoms with E-state index in [1.54, 1.807) is 17.8 Å². The van der Waals surface area contributed by atoms with Gasteiger partial charge in [-0.2, -0.15) is 11.8 Å². The van der Waals surface area contributed by atoms with Crippen LogP contribution in [-0.2, 0) is 6.42 Å². The van der Waals surface area contributed by atoms with Crippen molar-refractivity contribution in [2.75, 3.05) is 23.9 Å². The summed E-state index contributed by atoms with van der Waals surface area (Å²) in [7, 11) is 0. The smallest absolute Gasteiger partial charge is 0.250 e. The fraction of sp³-hybridized carbons (Fsp3) is 0.273. The molecule has 0 saturated heterocycles. The third-order valence-electron chi connectivity index (χ3n) is 5.22. The van der Waals surface area contributed by atoms with Crippen molar-refractivity contribution in [3.05, 3.63) is 53.7 Å². The number of anilines is 1.